The van der Waals surface area contributed by atoms with E-state index in [1.807, 2.05) is 31.2 Å². The Morgan fingerprint density at radius 2 is 1.77 bits per heavy atom. The number of hydrogen-bond acceptors (Lipinski definition) is 3. The summed E-state index contributed by atoms with van der Waals surface area (Å²) < 4.78 is 32.7. The Hall–Kier alpha value is -1.37. The number of sulfonamides is 1. The Balaban J connectivity index is 2.33. The standard InChI is InChI=1S/C16H18BrNO3S/c1-12-4-6-13(7-5-12)11-18(2)22(19,20)16-10-14(17)8-9-15(16)21-3/h4-10H,11H2,1-3H3. The maximum Gasteiger partial charge on any atom is 0.246 e. The number of methoxy groups -OCH3 is 1. The third-order valence-electron chi connectivity index (χ3n) is 3.34. The third-order valence-corrected chi connectivity index (χ3v) is 5.66. The minimum absolute atomic E-state index is 0.152. The zero-order valence-corrected chi connectivity index (χ0v) is 15.1. The van der Waals surface area contributed by atoms with E-state index in [9.17, 15) is 8.42 Å². The molecule has 0 radical (unpaired) electrons. The highest BCUT2D eigenvalue weighted by Gasteiger charge is 2.25. The summed E-state index contributed by atoms with van der Waals surface area (Å²) in [6.07, 6.45) is 0. The smallest absolute Gasteiger partial charge is 0.246 e. The Morgan fingerprint density at radius 1 is 1.14 bits per heavy atom. The second-order valence-electron chi connectivity index (χ2n) is 5.04. The molecule has 0 atom stereocenters. The summed E-state index contributed by atoms with van der Waals surface area (Å²) in [5.74, 6) is 0.332. The summed E-state index contributed by atoms with van der Waals surface area (Å²) in [6.45, 7) is 2.30. The predicted octanol–water partition coefficient (Wildman–Crippen LogP) is 3.59. The van der Waals surface area contributed by atoms with Gasteiger partial charge in [-0.1, -0.05) is 45.8 Å². The second kappa shape index (κ2) is 6.81. The lowest BCUT2D eigenvalue weighted by atomic mass is 10.1. The van der Waals surface area contributed by atoms with Crippen molar-refractivity contribution < 1.29 is 13.2 Å². The van der Waals surface area contributed by atoms with Gasteiger partial charge in [0.15, 0.2) is 0 Å². The van der Waals surface area contributed by atoms with Crippen LogP contribution in [0.3, 0.4) is 0 Å². The largest absolute Gasteiger partial charge is 0.495 e. The molecular weight excluding hydrogens is 366 g/mol. The second-order valence-corrected chi connectivity index (χ2v) is 7.97. The maximum absolute atomic E-state index is 12.8. The van der Waals surface area contributed by atoms with Crippen molar-refractivity contribution >= 4 is 26.0 Å². The molecule has 0 N–H and O–H groups in total. The first kappa shape index (κ1) is 17.0. The molecule has 0 aliphatic heterocycles. The van der Waals surface area contributed by atoms with Gasteiger partial charge >= 0.3 is 0 Å². The molecule has 22 heavy (non-hydrogen) atoms. The minimum atomic E-state index is -3.63. The van der Waals surface area contributed by atoms with Crippen LogP contribution < -0.4 is 4.74 Å². The fraction of sp³-hybridized carbons (Fsp3) is 0.250. The molecule has 0 bridgehead atoms. The van der Waals surface area contributed by atoms with Crippen molar-refractivity contribution in [1.82, 2.24) is 4.31 Å². The molecule has 0 spiro atoms. The lowest BCUT2D eigenvalue weighted by molar-refractivity contribution is 0.397. The molecule has 118 valence electrons. The molecular formula is C16H18BrNO3S. The van der Waals surface area contributed by atoms with Crippen molar-refractivity contribution in [3.8, 4) is 5.75 Å². The molecule has 0 saturated carbocycles. The van der Waals surface area contributed by atoms with Crippen LogP contribution in [0.5, 0.6) is 5.75 Å². The highest BCUT2D eigenvalue weighted by Crippen LogP contribution is 2.29. The highest BCUT2D eigenvalue weighted by atomic mass is 79.9. The van der Waals surface area contributed by atoms with Crippen molar-refractivity contribution in [1.29, 1.82) is 0 Å². The summed E-state index contributed by atoms with van der Waals surface area (Å²) in [5.41, 5.74) is 2.08. The molecule has 0 unspecified atom stereocenters. The van der Waals surface area contributed by atoms with Gasteiger partial charge < -0.3 is 4.74 Å². The number of halogens is 1. The molecule has 0 amide bonds. The van der Waals surface area contributed by atoms with Crippen molar-refractivity contribution in [2.45, 2.75) is 18.4 Å². The number of rotatable bonds is 5. The van der Waals surface area contributed by atoms with Gasteiger partial charge in [0.1, 0.15) is 10.6 Å². The normalized spacial score (nSPS) is 11.7. The summed E-state index contributed by atoms with van der Waals surface area (Å²) in [6, 6.07) is 12.7. The van der Waals surface area contributed by atoms with Crippen LogP contribution in [0, 0.1) is 6.92 Å². The van der Waals surface area contributed by atoms with E-state index in [1.54, 1.807) is 25.2 Å². The molecule has 0 aliphatic carbocycles. The first-order chi connectivity index (χ1) is 10.3. The van der Waals surface area contributed by atoms with E-state index < -0.39 is 10.0 Å². The predicted molar refractivity (Wildman–Crippen MR) is 90.5 cm³/mol. The average Bonchev–Trinajstić information content (AvgIpc) is 2.49. The first-order valence-electron chi connectivity index (χ1n) is 6.70. The van der Waals surface area contributed by atoms with Gasteiger partial charge in [0.05, 0.1) is 7.11 Å². The molecule has 4 nitrogen and oxygen atoms in total. The number of ether oxygens (including phenoxy) is 1. The molecule has 0 fully saturated rings. The van der Waals surface area contributed by atoms with Crippen LogP contribution in [0.25, 0.3) is 0 Å². The van der Waals surface area contributed by atoms with Crippen LogP contribution in [-0.4, -0.2) is 26.9 Å². The van der Waals surface area contributed by atoms with E-state index in [0.29, 0.717) is 16.8 Å². The van der Waals surface area contributed by atoms with E-state index >= 15 is 0 Å². The Morgan fingerprint density at radius 3 is 2.36 bits per heavy atom. The summed E-state index contributed by atoms with van der Waals surface area (Å²) in [4.78, 5) is 0.152. The Labute approximate surface area is 139 Å². The van der Waals surface area contributed by atoms with Crippen LogP contribution >= 0.6 is 15.9 Å². The summed E-state index contributed by atoms with van der Waals surface area (Å²) in [5, 5.41) is 0. The SMILES string of the molecule is COc1ccc(Br)cc1S(=O)(=O)N(C)Cc1ccc(C)cc1. The van der Waals surface area contributed by atoms with Crippen LogP contribution in [0.2, 0.25) is 0 Å². The Bertz CT molecular complexity index is 757. The fourth-order valence-electron chi connectivity index (χ4n) is 2.06. The highest BCUT2D eigenvalue weighted by molar-refractivity contribution is 9.10. The number of benzene rings is 2. The lowest BCUT2D eigenvalue weighted by Crippen LogP contribution is -2.27. The van der Waals surface area contributed by atoms with Gasteiger partial charge in [-0.25, -0.2) is 8.42 Å². The molecule has 0 aromatic heterocycles. The first-order valence-corrected chi connectivity index (χ1v) is 8.93. The van der Waals surface area contributed by atoms with Crippen LogP contribution in [0.15, 0.2) is 51.8 Å². The average molecular weight is 384 g/mol. The van der Waals surface area contributed by atoms with Gasteiger partial charge in [0, 0.05) is 18.1 Å². The van der Waals surface area contributed by atoms with E-state index in [2.05, 4.69) is 15.9 Å². The molecule has 0 aliphatic rings. The fourth-order valence-corrected chi connectivity index (χ4v) is 3.90. The summed E-state index contributed by atoms with van der Waals surface area (Å²) >= 11 is 3.30. The molecule has 2 aromatic rings. The van der Waals surface area contributed by atoms with Crippen molar-refractivity contribution in [3.63, 3.8) is 0 Å². The van der Waals surface area contributed by atoms with Crippen molar-refractivity contribution in [2.24, 2.45) is 0 Å². The Kier molecular flexibility index (Phi) is 5.26. The minimum Gasteiger partial charge on any atom is -0.495 e. The van der Waals surface area contributed by atoms with Crippen LogP contribution in [0.4, 0.5) is 0 Å². The molecule has 6 heteroatoms. The third kappa shape index (κ3) is 3.69. The van der Waals surface area contributed by atoms with E-state index in [0.717, 1.165) is 11.1 Å². The van der Waals surface area contributed by atoms with Crippen molar-refractivity contribution in [2.75, 3.05) is 14.2 Å². The maximum atomic E-state index is 12.8. The van der Waals surface area contributed by atoms with Gasteiger partial charge in [0.25, 0.3) is 0 Å². The van der Waals surface area contributed by atoms with Crippen molar-refractivity contribution in [3.05, 3.63) is 58.1 Å². The number of aryl methyl sites for hydroxylation is 1. The molecule has 0 saturated heterocycles. The quantitative estimate of drug-likeness (QED) is 0.792. The lowest BCUT2D eigenvalue weighted by Gasteiger charge is -2.19. The molecule has 2 rings (SSSR count). The van der Waals surface area contributed by atoms with E-state index in [4.69, 9.17) is 4.74 Å². The van der Waals surface area contributed by atoms with Gasteiger partial charge in [0.2, 0.25) is 10.0 Å². The van der Waals surface area contributed by atoms with Gasteiger partial charge in [-0.2, -0.15) is 4.31 Å². The van der Waals surface area contributed by atoms with E-state index in [-0.39, 0.29) is 4.90 Å². The topological polar surface area (TPSA) is 46.6 Å². The number of hydrogen-bond donors (Lipinski definition) is 0. The summed E-state index contributed by atoms with van der Waals surface area (Å²) in [7, 11) is -0.609. The number of nitrogens with zero attached hydrogens (tertiary/aromatic N) is 1. The van der Waals surface area contributed by atoms with Gasteiger partial charge in [-0.05, 0) is 30.7 Å². The van der Waals surface area contributed by atoms with E-state index in [1.165, 1.54) is 11.4 Å². The molecule has 0 heterocycles. The zero-order valence-electron chi connectivity index (χ0n) is 12.7. The molecule has 2 aromatic carbocycles. The van der Waals surface area contributed by atoms with Crippen LogP contribution in [0.1, 0.15) is 11.1 Å². The van der Waals surface area contributed by atoms with Gasteiger partial charge in [-0.15, -0.1) is 0 Å². The zero-order chi connectivity index (χ0) is 16.3. The monoisotopic (exact) mass is 383 g/mol. The van der Waals surface area contributed by atoms with Gasteiger partial charge in [-0.3, -0.25) is 0 Å². The van der Waals surface area contributed by atoms with Crippen LogP contribution in [-0.2, 0) is 16.6 Å².